The molecule has 244 valence electrons. The van der Waals surface area contributed by atoms with E-state index in [1.54, 1.807) is 0 Å². The standard InChI is InChI=1S/C46H32BN5/c1-29-23-25-36-43-41(29)48-45(31-15-7-3-8-16-31)51(43)38-27-35(50(33-19-11-5-12-20-33)34-21-13-6-14-22-34)28-39-40(38)47(36)37-26-24-30(2)42-44(37)52(39)46(49-42)32-17-9-4-10-18-32/h3-28H,1-2H3. The first-order chi connectivity index (χ1) is 25.7. The largest absolute Gasteiger partial charge is 0.310 e. The zero-order valence-electron chi connectivity index (χ0n) is 28.8. The van der Waals surface area contributed by atoms with Crippen molar-refractivity contribution in [1.82, 2.24) is 19.1 Å². The van der Waals surface area contributed by atoms with Crippen LogP contribution in [-0.4, -0.2) is 25.8 Å². The van der Waals surface area contributed by atoms with Crippen molar-refractivity contribution in [3.63, 3.8) is 0 Å². The third-order valence-corrected chi connectivity index (χ3v) is 10.9. The van der Waals surface area contributed by atoms with Crippen LogP contribution in [0.15, 0.2) is 158 Å². The molecule has 5 nitrogen and oxygen atoms in total. The van der Waals surface area contributed by atoms with Crippen LogP contribution in [-0.2, 0) is 0 Å². The molecule has 2 aliphatic heterocycles. The molecule has 2 aliphatic rings. The van der Waals surface area contributed by atoms with Gasteiger partial charge in [0.15, 0.2) is 0 Å². The summed E-state index contributed by atoms with van der Waals surface area (Å²) in [5.41, 5.74) is 18.3. The number of anilines is 3. The zero-order chi connectivity index (χ0) is 34.5. The Bertz CT molecular complexity index is 2670. The van der Waals surface area contributed by atoms with Crippen molar-refractivity contribution >= 4 is 62.2 Å². The maximum Gasteiger partial charge on any atom is 0.252 e. The molecule has 0 radical (unpaired) electrons. The van der Waals surface area contributed by atoms with Crippen molar-refractivity contribution in [3.8, 4) is 34.2 Å². The molecule has 0 bridgehead atoms. The van der Waals surface area contributed by atoms with Gasteiger partial charge in [-0.3, -0.25) is 9.13 Å². The molecule has 0 saturated heterocycles. The van der Waals surface area contributed by atoms with Crippen LogP contribution in [0.4, 0.5) is 17.1 Å². The van der Waals surface area contributed by atoms with Crippen LogP contribution in [0.3, 0.4) is 0 Å². The predicted octanol–water partition coefficient (Wildman–Crippen LogP) is 8.93. The number of fused-ring (bicyclic) bond motifs is 4. The van der Waals surface area contributed by atoms with Crippen LogP contribution in [0, 0.1) is 13.8 Å². The van der Waals surface area contributed by atoms with E-state index in [1.165, 1.54) is 38.5 Å². The highest BCUT2D eigenvalue weighted by Crippen LogP contribution is 2.42. The average molecular weight is 666 g/mol. The van der Waals surface area contributed by atoms with Crippen molar-refractivity contribution in [3.05, 3.63) is 169 Å². The predicted molar refractivity (Wildman–Crippen MR) is 215 cm³/mol. The third-order valence-electron chi connectivity index (χ3n) is 10.9. The van der Waals surface area contributed by atoms with Gasteiger partial charge in [0, 0.05) is 33.9 Å². The minimum Gasteiger partial charge on any atom is -0.310 e. The fraction of sp³-hybridized carbons (Fsp3) is 0.0435. The fourth-order valence-corrected chi connectivity index (χ4v) is 8.65. The number of benzene rings is 7. The smallest absolute Gasteiger partial charge is 0.252 e. The number of aromatic nitrogens is 4. The lowest BCUT2D eigenvalue weighted by Gasteiger charge is -2.35. The molecule has 6 heteroatoms. The normalized spacial score (nSPS) is 12.4. The molecule has 0 unspecified atom stereocenters. The van der Waals surface area contributed by atoms with Crippen LogP contribution in [0.25, 0.3) is 56.2 Å². The topological polar surface area (TPSA) is 38.9 Å². The van der Waals surface area contributed by atoms with Gasteiger partial charge < -0.3 is 4.90 Å². The minimum absolute atomic E-state index is 0.00722. The van der Waals surface area contributed by atoms with Gasteiger partial charge in [0.25, 0.3) is 6.71 Å². The van der Waals surface area contributed by atoms with E-state index in [4.69, 9.17) is 9.97 Å². The highest BCUT2D eigenvalue weighted by atomic mass is 15.2. The molecule has 4 heterocycles. The van der Waals surface area contributed by atoms with Gasteiger partial charge in [0.1, 0.15) is 11.6 Å². The summed E-state index contributed by atoms with van der Waals surface area (Å²) < 4.78 is 4.88. The Balaban J connectivity index is 1.34. The number of nitrogens with zero attached hydrogens (tertiary/aromatic N) is 5. The van der Waals surface area contributed by atoms with Crippen molar-refractivity contribution in [1.29, 1.82) is 0 Å². The molecule has 0 aliphatic carbocycles. The van der Waals surface area contributed by atoms with Crippen molar-refractivity contribution in [2.45, 2.75) is 13.8 Å². The van der Waals surface area contributed by atoms with Gasteiger partial charge >= 0.3 is 0 Å². The number of imidazole rings is 2. The van der Waals surface area contributed by atoms with Gasteiger partial charge in [-0.15, -0.1) is 0 Å². The van der Waals surface area contributed by atoms with Crippen molar-refractivity contribution in [2.75, 3.05) is 4.90 Å². The molecule has 2 aromatic heterocycles. The Kier molecular flexibility index (Phi) is 6.11. The Hall–Kier alpha value is -6.66. The van der Waals surface area contributed by atoms with Crippen LogP contribution in [0.1, 0.15) is 11.1 Å². The van der Waals surface area contributed by atoms with E-state index in [0.717, 1.165) is 62.2 Å². The Morgan fingerprint density at radius 1 is 0.462 bits per heavy atom. The molecule has 0 amide bonds. The SMILES string of the molecule is Cc1ccc2c3c1nc(-c1ccccc1)n3-c1cc(N(c3ccccc3)c3ccccc3)cc3c1B2c1ccc(C)c2nc(-c4ccccc4)n-3c12. The first-order valence-electron chi connectivity index (χ1n) is 17.9. The molecular formula is C46H32BN5. The fourth-order valence-electron chi connectivity index (χ4n) is 8.65. The maximum atomic E-state index is 5.46. The monoisotopic (exact) mass is 665 g/mol. The van der Waals surface area contributed by atoms with Crippen LogP contribution in [0.2, 0.25) is 0 Å². The first kappa shape index (κ1) is 29.1. The molecule has 0 atom stereocenters. The van der Waals surface area contributed by atoms with Crippen LogP contribution >= 0.6 is 0 Å². The van der Waals surface area contributed by atoms with Gasteiger partial charge in [-0.1, -0.05) is 121 Å². The highest BCUT2D eigenvalue weighted by molar-refractivity contribution is 7.00. The highest BCUT2D eigenvalue weighted by Gasteiger charge is 2.42. The molecule has 0 saturated carbocycles. The summed E-state index contributed by atoms with van der Waals surface area (Å²) in [4.78, 5) is 13.3. The average Bonchev–Trinajstić information content (AvgIpc) is 3.81. The lowest BCUT2D eigenvalue weighted by molar-refractivity contribution is 1.07. The molecule has 52 heavy (non-hydrogen) atoms. The second-order valence-electron chi connectivity index (χ2n) is 13.9. The Morgan fingerprint density at radius 2 is 0.865 bits per heavy atom. The number of hydrogen-bond acceptors (Lipinski definition) is 3. The lowest BCUT2D eigenvalue weighted by Crippen LogP contribution is -2.59. The van der Waals surface area contributed by atoms with E-state index in [2.05, 4.69) is 186 Å². The van der Waals surface area contributed by atoms with E-state index >= 15 is 0 Å². The minimum atomic E-state index is 0.00722. The molecule has 0 N–H and O–H groups in total. The molecule has 0 spiro atoms. The summed E-state index contributed by atoms with van der Waals surface area (Å²) in [7, 11) is 0. The van der Waals surface area contributed by atoms with E-state index < -0.39 is 0 Å². The second-order valence-corrected chi connectivity index (χ2v) is 13.9. The maximum absolute atomic E-state index is 5.46. The molecular weight excluding hydrogens is 633 g/mol. The van der Waals surface area contributed by atoms with E-state index in [0.29, 0.717) is 0 Å². The van der Waals surface area contributed by atoms with Gasteiger partial charge in [0.2, 0.25) is 0 Å². The Labute approximate surface area is 302 Å². The van der Waals surface area contributed by atoms with Crippen LogP contribution in [0.5, 0.6) is 0 Å². The van der Waals surface area contributed by atoms with E-state index in [-0.39, 0.29) is 6.71 Å². The van der Waals surface area contributed by atoms with Gasteiger partial charge in [-0.05, 0) is 77.8 Å². The summed E-state index contributed by atoms with van der Waals surface area (Å²) in [5, 5.41) is 0. The van der Waals surface area contributed by atoms with Crippen molar-refractivity contribution in [2.24, 2.45) is 0 Å². The van der Waals surface area contributed by atoms with Gasteiger partial charge in [0.05, 0.1) is 27.8 Å². The van der Waals surface area contributed by atoms with Crippen LogP contribution < -0.4 is 21.3 Å². The summed E-state index contributed by atoms with van der Waals surface area (Å²) >= 11 is 0. The Morgan fingerprint density at radius 3 is 1.29 bits per heavy atom. The summed E-state index contributed by atoms with van der Waals surface area (Å²) in [6.45, 7) is 4.37. The molecule has 11 rings (SSSR count). The zero-order valence-corrected chi connectivity index (χ0v) is 28.8. The second kappa shape index (κ2) is 10.9. The quantitative estimate of drug-likeness (QED) is 0.173. The van der Waals surface area contributed by atoms with Gasteiger partial charge in [-0.2, -0.15) is 0 Å². The van der Waals surface area contributed by atoms with E-state index in [9.17, 15) is 0 Å². The number of rotatable bonds is 5. The summed E-state index contributed by atoms with van der Waals surface area (Å²) in [5.74, 6) is 1.90. The number of hydrogen-bond donors (Lipinski definition) is 0. The molecule has 7 aromatic carbocycles. The van der Waals surface area contributed by atoms with Crippen molar-refractivity contribution < 1.29 is 0 Å². The summed E-state index contributed by atoms with van der Waals surface area (Å²) in [6.07, 6.45) is 0. The number of aryl methyl sites for hydroxylation is 2. The van der Waals surface area contributed by atoms with E-state index in [1.807, 2.05) is 0 Å². The first-order valence-corrected chi connectivity index (χ1v) is 17.9. The third kappa shape index (κ3) is 4.00. The molecule has 9 aromatic rings. The summed E-state index contributed by atoms with van der Waals surface area (Å²) in [6, 6.07) is 56.6. The number of para-hydroxylation sites is 2. The molecule has 0 fully saturated rings. The van der Waals surface area contributed by atoms with Gasteiger partial charge in [-0.25, -0.2) is 9.97 Å². The lowest BCUT2D eigenvalue weighted by atomic mass is 9.34.